The lowest BCUT2D eigenvalue weighted by molar-refractivity contribution is 0.0694. The molecule has 2 aromatic heterocycles. The van der Waals surface area contributed by atoms with Gasteiger partial charge >= 0.3 is 5.97 Å². The quantitative estimate of drug-likeness (QED) is 0.888. The molecule has 122 valence electrons. The second-order valence-corrected chi connectivity index (χ2v) is 6.06. The van der Waals surface area contributed by atoms with Crippen molar-refractivity contribution in [1.29, 1.82) is 0 Å². The molecule has 1 amide bonds. The smallest absolute Gasteiger partial charge is 0.339 e. The van der Waals surface area contributed by atoms with Gasteiger partial charge in [0.25, 0.3) is 5.91 Å². The van der Waals surface area contributed by atoms with E-state index in [1.165, 1.54) is 18.9 Å². The molecular weight excluding hydrogens is 296 g/mol. The fourth-order valence-electron chi connectivity index (χ4n) is 3.01. The summed E-state index contributed by atoms with van der Waals surface area (Å²) in [6.45, 7) is 5.73. The molecule has 0 spiro atoms. The van der Waals surface area contributed by atoms with Crippen LogP contribution >= 0.6 is 0 Å². The zero-order chi connectivity index (χ0) is 16.7. The number of aryl methyl sites for hydroxylation is 2. The van der Waals surface area contributed by atoms with Gasteiger partial charge in [0.1, 0.15) is 17.1 Å². The van der Waals surface area contributed by atoms with Gasteiger partial charge in [-0.15, -0.1) is 0 Å². The van der Waals surface area contributed by atoms with Crippen LogP contribution in [-0.2, 0) is 6.54 Å². The number of carboxylic acids is 1. The number of hydrogen-bond acceptors (Lipinski definition) is 3. The first kappa shape index (κ1) is 15.4. The van der Waals surface area contributed by atoms with Gasteiger partial charge in [-0.2, -0.15) is 0 Å². The van der Waals surface area contributed by atoms with Crippen LogP contribution in [0.4, 0.5) is 0 Å². The number of carbonyl (C=O) groups excluding carboxylic acids is 1. The van der Waals surface area contributed by atoms with Gasteiger partial charge in [-0.05, 0) is 45.7 Å². The summed E-state index contributed by atoms with van der Waals surface area (Å²) in [4.78, 5) is 23.4. The molecule has 6 nitrogen and oxygen atoms in total. The van der Waals surface area contributed by atoms with Crippen molar-refractivity contribution >= 4 is 11.9 Å². The Morgan fingerprint density at radius 1 is 1.26 bits per heavy atom. The van der Waals surface area contributed by atoms with Gasteiger partial charge in [0, 0.05) is 17.4 Å². The molecule has 0 saturated heterocycles. The van der Waals surface area contributed by atoms with Gasteiger partial charge in [-0.1, -0.05) is 0 Å². The van der Waals surface area contributed by atoms with E-state index in [0.29, 0.717) is 23.1 Å². The molecule has 23 heavy (non-hydrogen) atoms. The molecule has 1 fully saturated rings. The Balaban J connectivity index is 1.71. The fourth-order valence-corrected chi connectivity index (χ4v) is 3.01. The van der Waals surface area contributed by atoms with Crippen molar-refractivity contribution in [3.05, 3.63) is 46.2 Å². The second-order valence-electron chi connectivity index (χ2n) is 6.06. The highest BCUT2D eigenvalue weighted by Gasteiger charge is 2.28. The van der Waals surface area contributed by atoms with E-state index in [-0.39, 0.29) is 18.0 Å². The van der Waals surface area contributed by atoms with Gasteiger partial charge in [-0.25, -0.2) is 4.79 Å². The third kappa shape index (κ3) is 2.88. The lowest BCUT2D eigenvalue weighted by Crippen LogP contribution is -2.23. The molecule has 2 N–H and O–H groups in total. The number of carboxylic acid groups (broad SMARTS) is 1. The average Bonchev–Trinajstić information content (AvgIpc) is 3.17. The van der Waals surface area contributed by atoms with Crippen LogP contribution in [0.25, 0.3) is 0 Å². The topological polar surface area (TPSA) is 84.5 Å². The number of furan rings is 1. The normalized spacial score (nSPS) is 14.0. The second kappa shape index (κ2) is 5.61. The highest BCUT2D eigenvalue weighted by molar-refractivity contribution is 5.95. The van der Waals surface area contributed by atoms with Gasteiger partial charge in [0.15, 0.2) is 0 Å². The molecule has 1 aliphatic rings. The van der Waals surface area contributed by atoms with E-state index in [1.807, 2.05) is 19.9 Å². The van der Waals surface area contributed by atoms with Crippen molar-refractivity contribution in [2.24, 2.45) is 0 Å². The molecule has 3 rings (SSSR count). The number of nitrogens with one attached hydrogen (secondary N) is 1. The maximum absolute atomic E-state index is 12.4. The molecular formula is C17H20N2O4. The van der Waals surface area contributed by atoms with Crippen molar-refractivity contribution in [2.75, 3.05) is 0 Å². The maximum Gasteiger partial charge on any atom is 0.339 e. The zero-order valence-corrected chi connectivity index (χ0v) is 13.5. The van der Waals surface area contributed by atoms with Crippen LogP contribution in [0.15, 0.2) is 16.5 Å². The minimum Gasteiger partial charge on any atom is -0.478 e. The predicted molar refractivity (Wildman–Crippen MR) is 83.8 cm³/mol. The maximum atomic E-state index is 12.4. The van der Waals surface area contributed by atoms with E-state index >= 15 is 0 Å². The van der Waals surface area contributed by atoms with Crippen molar-refractivity contribution in [2.45, 2.75) is 46.2 Å². The third-order valence-electron chi connectivity index (χ3n) is 4.26. The lowest BCUT2D eigenvalue weighted by Gasteiger charge is -2.08. The highest BCUT2D eigenvalue weighted by Crippen LogP contribution is 2.38. The van der Waals surface area contributed by atoms with Crippen LogP contribution in [0.5, 0.6) is 0 Å². The number of hydrogen-bond donors (Lipinski definition) is 2. The summed E-state index contributed by atoms with van der Waals surface area (Å²) in [5.41, 5.74) is 2.86. The summed E-state index contributed by atoms with van der Waals surface area (Å²) < 4.78 is 7.59. The Labute approximate surface area is 134 Å². The Bertz CT molecular complexity index is 781. The number of amides is 1. The van der Waals surface area contributed by atoms with E-state index in [1.54, 1.807) is 6.92 Å². The van der Waals surface area contributed by atoms with Gasteiger partial charge in [0.2, 0.25) is 0 Å². The van der Waals surface area contributed by atoms with Gasteiger partial charge in [-0.3, -0.25) is 4.79 Å². The zero-order valence-electron chi connectivity index (χ0n) is 13.5. The first-order valence-corrected chi connectivity index (χ1v) is 7.67. The Morgan fingerprint density at radius 2 is 1.96 bits per heavy atom. The van der Waals surface area contributed by atoms with E-state index in [0.717, 1.165) is 11.4 Å². The van der Waals surface area contributed by atoms with Gasteiger partial charge in [0.05, 0.1) is 12.1 Å². The molecule has 0 atom stereocenters. The summed E-state index contributed by atoms with van der Waals surface area (Å²) in [6.07, 6.45) is 2.34. The molecule has 0 unspecified atom stereocenters. The SMILES string of the molecule is Cc1oc(CNC(=O)c2cc(C)n(C3CC3)c2C)cc1C(=O)O. The summed E-state index contributed by atoms with van der Waals surface area (Å²) in [5, 5.41) is 11.8. The minimum atomic E-state index is -1.03. The summed E-state index contributed by atoms with van der Waals surface area (Å²) in [6, 6.07) is 3.88. The van der Waals surface area contributed by atoms with Crippen molar-refractivity contribution in [3.63, 3.8) is 0 Å². The fraction of sp³-hybridized carbons (Fsp3) is 0.412. The standard InChI is InChI=1S/C17H20N2O4/c1-9-6-14(10(2)19(9)12-4-5-12)16(20)18-8-13-7-15(17(21)22)11(3)23-13/h6-7,12H,4-5,8H2,1-3H3,(H,18,20)(H,21,22). The Kier molecular flexibility index (Phi) is 3.75. The molecule has 0 aromatic carbocycles. The molecule has 1 aliphatic carbocycles. The van der Waals surface area contributed by atoms with Crippen LogP contribution in [0.1, 0.15) is 62.5 Å². The van der Waals surface area contributed by atoms with Crippen molar-refractivity contribution in [3.8, 4) is 0 Å². The van der Waals surface area contributed by atoms with E-state index < -0.39 is 5.97 Å². The monoisotopic (exact) mass is 316 g/mol. The summed E-state index contributed by atoms with van der Waals surface area (Å²) >= 11 is 0. The van der Waals surface area contributed by atoms with E-state index in [4.69, 9.17) is 9.52 Å². The number of aromatic nitrogens is 1. The Hall–Kier alpha value is -2.50. The predicted octanol–water partition coefficient (Wildman–Crippen LogP) is 2.97. The van der Waals surface area contributed by atoms with Crippen LogP contribution in [0, 0.1) is 20.8 Å². The van der Waals surface area contributed by atoms with Crippen molar-refractivity contribution < 1.29 is 19.1 Å². The molecule has 0 radical (unpaired) electrons. The number of carbonyl (C=O) groups is 2. The first-order valence-electron chi connectivity index (χ1n) is 7.67. The molecule has 2 aromatic rings. The third-order valence-corrected chi connectivity index (χ3v) is 4.26. The summed E-state index contributed by atoms with van der Waals surface area (Å²) in [7, 11) is 0. The number of aromatic carboxylic acids is 1. The van der Waals surface area contributed by atoms with Crippen molar-refractivity contribution in [1.82, 2.24) is 9.88 Å². The minimum absolute atomic E-state index is 0.126. The molecule has 2 heterocycles. The number of rotatable bonds is 5. The van der Waals surface area contributed by atoms with Crippen LogP contribution < -0.4 is 5.32 Å². The largest absolute Gasteiger partial charge is 0.478 e. The molecule has 0 bridgehead atoms. The van der Waals surface area contributed by atoms with Crippen LogP contribution in [0.3, 0.4) is 0 Å². The molecule has 0 aliphatic heterocycles. The van der Waals surface area contributed by atoms with Gasteiger partial charge < -0.3 is 19.4 Å². The molecule has 1 saturated carbocycles. The van der Waals surface area contributed by atoms with E-state index in [2.05, 4.69) is 9.88 Å². The summed E-state index contributed by atoms with van der Waals surface area (Å²) in [5.74, 6) is -0.425. The van der Waals surface area contributed by atoms with Crippen LogP contribution in [0.2, 0.25) is 0 Å². The first-order chi connectivity index (χ1) is 10.9. The lowest BCUT2D eigenvalue weighted by atomic mass is 10.2. The number of nitrogens with zero attached hydrogens (tertiary/aromatic N) is 1. The average molecular weight is 316 g/mol. The van der Waals surface area contributed by atoms with E-state index in [9.17, 15) is 9.59 Å². The Morgan fingerprint density at radius 3 is 2.52 bits per heavy atom. The van der Waals surface area contributed by atoms with Crippen LogP contribution in [-0.4, -0.2) is 21.6 Å². The highest BCUT2D eigenvalue weighted by atomic mass is 16.4. The molecule has 6 heteroatoms.